The van der Waals surface area contributed by atoms with Crippen LogP contribution in [0.2, 0.25) is 0 Å². The molecule has 2 heterocycles. The van der Waals surface area contributed by atoms with Crippen LogP contribution in [0.25, 0.3) is 5.52 Å². The first-order valence-electron chi connectivity index (χ1n) is 5.88. The topological polar surface area (TPSA) is 4.41 Å². The summed E-state index contributed by atoms with van der Waals surface area (Å²) >= 11 is 0. The van der Waals surface area contributed by atoms with Crippen molar-refractivity contribution >= 4 is 5.52 Å². The molecule has 0 unspecified atom stereocenters. The number of aryl methyl sites for hydroxylation is 2. The number of rotatable bonds is 4. The molecule has 0 aliphatic carbocycles. The molecule has 2 rings (SSSR count). The fraction of sp³-hybridized carbons (Fsp3) is 0.429. The molecule has 0 radical (unpaired) electrons. The molecule has 0 spiro atoms. The standard InChI is InChI=1S/C14H19N/c1-3-4-5-8-13-11-12(2)14-9-6-7-10-15(13)14/h6-7,9-11H,3-5,8H2,1-2H3. The third-order valence-corrected chi connectivity index (χ3v) is 2.99. The Bertz CT molecular complexity index is 440. The summed E-state index contributed by atoms with van der Waals surface area (Å²) in [7, 11) is 0. The molecule has 0 amide bonds. The van der Waals surface area contributed by atoms with Crippen LogP contribution in [0.5, 0.6) is 0 Å². The molecule has 80 valence electrons. The van der Waals surface area contributed by atoms with Crippen molar-refractivity contribution in [1.82, 2.24) is 4.40 Å². The number of hydrogen-bond donors (Lipinski definition) is 0. The Morgan fingerprint density at radius 3 is 2.87 bits per heavy atom. The minimum absolute atomic E-state index is 1.20. The van der Waals surface area contributed by atoms with Gasteiger partial charge in [-0.3, -0.25) is 0 Å². The zero-order chi connectivity index (χ0) is 10.7. The van der Waals surface area contributed by atoms with Gasteiger partial charge in [-0.25, -0.2) is 0 Å². The van der Waals surface area contributed by atoms with E-state index in [0.29, 0.717) is 0 Å². The Hall–Kier alpha value is -1.24. The average molecular weight is 201 g/mol. The Balaban J connectivity index is 2.27. The summed E-state index contributed by atoms with van der Waals surface area (Å²) in [5, 5.41) is 0. The van der Waals surface area contributed by atoms with E-state index in [0.717, 1.165) is 0 Å². The molecule has 15 heavy (non-hydrogen) atoms. The second-order valence-electron chi connectivity index (χ2n) is 4.23. The minimum atomic E-state index is 1.20. The molecule has 2 aromatic heterocycles. The Morgan fingerprint density at radius 1 is 1.20 bits per heavy atom. The van der Waals surface area contributed by atoms with Gasteiger partial charge in [-0.1, -0.05) is 25.8 Å². The fourth-order valence-electron chi connectivity index (χ4n) is 2.16. The van der Waals surface area contributed by atoms with E-state index in [1.54, 1.807) is 0 Å². The van der Waals surface area contributed by atoms with E-state index in [2.05, 4.69) is 48.7 Å². The van der Waals surface area contributed by atoms with Gasteiger partial charge in [0, 0.05) is 17.4 Å². The van der Waals surface area contributed by atoms with Crippen molar-refractivity contribution in [3.63, 3.8) is 0 Å². The Morgan fingerprint density at radius 2 is 2.07 bits per heavy atom. The summed E-state index contributed by atoms with van der Waals surface area (Å²) < 4.78 is 2.32. The molecule has 0 fully saturated rings. The summed E-state index contributed by atoms with van der Waals surface area (Å²) in [5.74, 6) is 0. The average Bonchev–Trinajstić information content (AvgIpc) is 2.58. The number of aromatic nitrogens is 1. The normalized spacial score (nSPS) is 11.1. The number of nitrogens with zero attached hydrogens (tertiary/aromatic N) is 1. The van der Waals surface area contributed by atoms with Crippen molar-refractivity contribution in [3.05, 3.63) is 41.7 Å². The Labute approximate surface area is 91.7 Å². The number of fused-ring (bicyclic) bond motifs is 1. The van der Waals surface area contributed by atoms with Crippen molar-refractivity contribution in [2.24, 2.45) is 0 Å². The van der Waals surface area contributed by atoms with Gasteiger partial charge in [0.25, 0.3) is 0 Å². The van der Waals surface area contributed by atoms with Crippen molar-refractivity contribution in [2.75, 3.05) is 0 Å². The van der Waals surface area contributed by atoms with Crippen LogP contribution in [0.15, 0.2) is 30.5 Å². The highest BCUT2D eigenvalue weighted by Gasteiger charge is 2.03. The van der Waals surface area contributed by atoms with Crippen LogP contribution in [0, 0.1) is 6.92 Å². The summed E-state index contributed by atoms with van der Waals surface area (Å²) in [4.78, 5) is 0. The van der Waals surface area contributed by atoms with E-state index < -0.39 is 0 Å². The minimum Gasteiger partial charge on any atom is -0.321 e. The highest BCUT2D eigenvalue weighted by molar-refractivity contribution is 5.56. The van der Waals surface area contributed by atoms with Gasteiger partial charge in [0.1, 0.15) is 0 Å². The highest BCUT2D eigenvalue weighted by Crippen LogP contribution is 2.17. The second-order valence-corrected chi connectivity index (χ2v) is 4.23. The van der Waals surface area contributed by atoms with Crippen LogP contribution in [0.4, 0.5) is 0 Å². The largest absolute Gasteiger partial charge is 0.321 e. The maximum absolute atomic E-state index is 2.32. The van der Waals surface area contributed by atoms with E-state index in [-0.39, 0.29) is 0 Å². The summed E-state index contributed by atoms with van der Waals surface area (Å²) in [5.41, 5.74) is 4.20. The first-order valence-corrected chi connectivity index (χ1v) is 5.88. The first kappa shape index (κ1) is 10.3. The first-order chi connectivity index (χ1) is 7.33. The van der Waals surface area contributed by atoms with Crippen LogP contribution < -0.4 is 0 Å². The summed E-state index contributed by atoms with van der Waals surface area (Å²) in [6.45, 7) is 4.44. The molecule has 0 N–H and O–H groups in total. The summed E-state index contributed by atoms with van der Waals surface area (Å²) in [6.07, 6.45) is 7.30. The Kier molecular flexibility index (Phi) is 3.10. The van der Waals surface area contributed by atoms with E-state index in [1.165, 1.54) is 42.5 Å². The molecule has 2 aromatic rings. The smallest absolute Gasteiger partial charge is 0.0482 e. The molecule has 0 aromatic carbocycles. The van der Waals surface area contributed by atoms with Gasteiger partial charge in [0.15, 0.2) is 0 Å². The molecule has 1 heteroatoms. The molecular weight excluding hydrogens is 182 g/mol. The van der Waals surface area contributed by atoms with Gasteiger partial charge in [0.05, 0.1) is 0 Å². The molecule has 0 saturated carbocycles. The number of pyridine rings is 1. The molecule has 0 aliphatic rings. The lowest BCUT2D eigenvalue weighted by Gasteiger charge is -2.01. The van der Waals surface area contributed by atoms with Gasteiger partial charge in [-0.05, 0) is 43.5 Å². The van der Waals surface area contributed by atoms with Gasteiger partial charge in [-0.2, -0.15) is 0 Å². The quantitative estimate of drug-likeness (QED) is 0.659. The van der Waals surface area contributed by atoms with Crippen LogP contribution in [-0.2, 0) is 6.42 Å². The van der Waals surface area contributed by atoms with Crippen LogP contribution >= 0.6 is 0 Å². The third kappa shape index (κ3) is 2.06. The zero-order valence-electron chi connectivity index (χ0n) is 9.66. The second kappa shape index (κ2) is 4.52. The van der Waals surface area contributed by atoms with Crippen molar-refractivity contribution in [3.8, 4) is 0 Å². The van der Waals surface area contributed by atoms with Crippen molar-refractivity contribution in [1.29, 1.82) is 0 Å². The van der Waals surface area contributed by atoms with Gasteiger partial charge in [-0.15, -0.1) is 0 Å². The van der Waals surface area contributed by atoms with E-state index in [9.17, 15) is 0 Å². The van der Waals surface area contributed by atoms with Crippen molar-refractivity contribution < 1.29 is 0 Å². The summed E-state index contributed by atoms with van der Waals surface area (Å²) in [6, 6.07) is 8.73. The van der Waals surface area contributed by atoms with E-state index >= 15 is 0 Å². The SMILES string of the molecule is CCCCCc1cc(C)c2ccccn12. The number of hydrogen-bond acceptors (Lipinski definition) is 0. The fourth-order valence-corrected chi connectivity index (χ4v) is 2.16. The van der Waals surface area contributed by atoms with Crippen LogP contribution in [0.1, 0.15) is 37.4 Å². The lowest BCUT2D eigenvalue weighted by Crippen LogP contribution is -1.92. The van der Waals surface area contributed by atoms with Crippen LogP contribution in [-0.4, -0.2) is 4.40 Å². The highest BCUT2D eigenvalue weighted by atomic mass is 14.9. The molecular formula is C14H19N. The van der Waals surface area contributed by atoms with E-state index in [1.807, 2.05) is 0 Å². The van der Waals surface area contributed by atoms with E-state index in [4.69, 9.17) is 0 Å². The van der Waals surface area contributed by atoms with Gasteiger partial charge in [0.2, 0.25) is 0 Å². The maximum Gasteiger partial charge on any atom is 0.0482 e. The predicted octanol–water partition coefficient (Wildman–Crippen LogP) is 3.98. The molecule has 0 atom stereocenters. The van der Waals surface area contributed by atoms with Gasteiger partial charge >= 0.3 is 0 Å². The molecule has 0 bridgehead atoms. The van der Waals surface area contributed by atoms with Crippen molar-refractivity contribution in [2.45, 2.75) is 39.5 Å². The molecule has 0 saturated heterocycles. The van der Waals surface area contributed by atoms with Gasteiger partial charge < -0.3 is 4.40 Å². The number of unbranched alkanes of at least 4 members (excludes halogenated alkanes) is 2. The van der Waals surface area contributed by atoms with Crippen LogP contribution in [0.3, 0.4) is 0 Å². The molecule has 1 nitrogen and oxygen atoms in total. The lowest BCUT2D eigenvalue weighted by atomic mass is 10.1. The predicted molar refractivity (Wildman–Crippen MR) is 65.4 cm³/mol. The monoisotopic (exact) mass is 201 g/mol. The third-order valence-electron chi connectivity index (χ3n) is 2.99. The molecule has 0 aliphatic heterocycles. The zero-order valence-corrected chi connectivity index (χ0v) is 9.66. The maximum atomic E-state index is 2.32. The lowest BCUT2D eigenvalue weighted by molar-refractivity contribution is 0.704.